The Hall–Kier alpha value is -3.56. The third-order valence-corrected chi connectivity index (χ3v) is 7.08. The number of hydrogen-bond acceptors (Lipinski definition) is 8. The van der Waals surface area contributed by atoms with Crippen LogP contribution in [0, 0.1) is 0 Å². The van der Waals surface area contributed by atoms with Crippen molar-refractivity contribution >= 4 is 17.4 Å². The van der Waals surface area contributed by atoms with E-state index in [0.29, 0.717) is 74.5 Å². The number of unbranched alkanes of at least 4 members (excludes halogenated alkanes) is 1. The number of carbonyl (C=O) groups is 2. The number of aliphatic hydroxyl groups excluding tert-OH is 1. The quantitative estimate of drug-likeness (QED) is 0.169. The minimum Gasteiger partial charge on any atom is -0.507 e. The van der Waals surface area contributed by atoms with E-state index in [9.17, 15) is 14.7 Å². The second-order valence-corrected chi connectivity index (χ2v) is 9.75. The number of rotatable bonds is 13. The molecule has 0 aromatic heterocycles. The average molecular weight is 553 g/mol. The maximum Gasteiger partial charge on any atom is 0.295 e. The molecule has 4 rings (SSSR count). The van der Waals surface area contributed by atoms with E-state index in [0.717, 1.165) is 25.9 Å². The van der Waals surface area contributed by atoms with E-state index < -0.39 is 17.7 Å². The van der Waals surface area contributed by atoms with Crippen molar-refractivity contribution in [3.05, 3.63) is 59.2 Å². The van der Waals surface area contributed by atoms with Crippen molar-refractivity contribution in [1.29, 1.82) is 0 Å². The maximum absolute atomic E-state index is 13.5. The molecule has 2 aliphatic heterocycles. The first-order valence-electron chi connectivity index (χ1n) is 14.2. The van der Waals surface area contributed by atoms with Crippen LogP contribution in [-0.4, -0.2) is 85.8 Å². The number of carbonyl (C=O) groups excluding carboxylic acids is 2. The molecule has 216 valence electrons. The van der Waals surface area contributed by atoms with Gasteiger partial charge in [0.1, 0.15) is 11.5 Å². The lowest BCUT2D eigenvalue weighted by Gasteiger charge is -2.31. The van der Waals surface area contributed by atoms with Crippen LogP contribution in [-0.2, 0) is 14.3 Å². The SMILES string of the molecule is CCCCOc1ccc(C2C(=C(O)c3ccc(OCC)cc3)C(=O)C(=O)N2CCN2CCOCC2)cc1OCC. The Kier molecular flexibility index (Phi) is 10.4. The zero-order valence-corrected chi connectivity index (χ0v) is 23.7. The van der Waals surface area contributed by atoms with Crippen molar-refractivity contribution in [3.63, 3.8) is 0 Å². The summed E-state index contributed by atoms with van der Waals surface area (Å²) in [7, 11) is 0. The van der Waals surface area contributed by atoms with E-state index in [1.807, 2.05) is 32.0 Å². The van der Waals surface area contributed by atoms with E-state index in [2.05, 4.69) is 11.8 Å². The number of ketones is 1. The molecule has 9 nitrogen and oxygen atoms in total. The monoisotopic (exact) mass is 552 g/mol. The number of amides is 1. The number of hydrogen-bond donors (Lipinski definition) is 1. The molecule has 2 aliphatic rings. The van der Waals surface area contributed by atoms with Gasteiger partial charge in [0.25, 0.3) is 11.7 Å². The number of benzene rings is 2. The molecule has 0 bridgehead atoms. The smallest absolute Gasteiger partial charge is 0.295 e. The highest BCUT2D eigenvalue weighted by Gasteiger charge is 2.46. The third kappa shape index (κ3) is 6.77. The van der Waals surface area contributed by atoms with Crippen molar-refractivity contribution in [2.45, 2.75) is 39.7 Å². The number of morpholine rings is 1. The predicted octanol–water partition coefficient (Wildman–Crippen LogP) is 4.42. The molecule has 0 radical (unpaired) electrons. The maximum atomic E-state index is 13.5. The fraction of sp³-hybridized carbons (Fsp3) is 0.484. The number of ether oxygens (including phenoxy) is 4. The summed E-state index contributed by atoms with van der Waals surface area (Å²) in [5, 5.41) is 11.4. The topological polar surface area (TPSA) is 97.8 Å². The normalized spacial score (nSPS) is 19.2. The van der Waals surface area contributed by atoms with Gasteiger partial charge < -0.3 is 29.0 Å². The predicted molar refractivity (Wildman–Crippen MR) is 152 cm³/mol. The summed E-state index contributed by atoms with van der Waals surface area (Å²) in [6.07, 6.45) is 1.92. The lowest BCUT2D eigenvalue weighted by molar-refractivity contribution is -0.140. The van der Waals surface area contributed by atoms with E-state index >= 15 is 0 Å². The molecule has 1 unspecified atom stereocenters. The average Bonchev–Trinajstić information content (AvgIpc) is 3.23. The van der Waals surface area contributed by atoms with Crippen LogP contribution in [0.4, 0.5) is 0 Å². The van der Waals surface area contributed by atoms with Gasteiger partial charge in [-0.15, -0.1) is 0 Å². The van der Waals surface area contributed by atoms with Gasteiger partial charge >= 0.3 is 0 Å². The van der Waals surface area contributed by atoms with Crippen LogP contribution >= 0.6 is 0 Å². The van der Waals surface area contributed by atoms with Crippen molar-refractivity contribution in [2.24, 2.45) is 0 Å². The molecule has 9 heteroatoms. The molecule has 0 aliphatic carbocycles. The number of likely N-dealkylation sites (tertiary alicyclic amines) is 1. The summed E-state index contributed by atoms with van der Waals surface area (Å²) in [6.45, 7) is 11.1. The second kappa shape index (κ2) is 14.2. The molecule has 40 heavy (non-hydrogen) atoms. The van der Waals surface area contributed by atoms with Gasteiger partial charge in [-0.1, -0.05) is 19.4 Å². The Morgan fingerprint density at radius 2 is 1.65 bits per heavy atom. The number of aliphatic hydroxyl groups is 1. The van der Waals surface area contributed by atoms with Crippen molar-refractivity contribution in [3.8, 4) is 17.2 Å². The molecule has 2 fully saturated rings. The molecule has 0 saturated carbocycles. The first kappa shape index (κ1) is 29.4. The molecule has 2 aromatic rings. The molecule has 2 heterocycles. The van der Waals surface area contributed by atoms with Gasteiger partial charge in [0.05, 0.1) is 44.6 Å². The summed E-state index contributed by atoms with van der Waals surface area (Å²) < 4.78 is 22.8. The Morgan fingerprint density at radius 1 is 0.925 bits per heavy atom. The zero-order valence-electron chi connectivity index (χ0n) is 23.7. The Bertz CT molecular complexity index is 1190. The lowest BCUT2D eigenvalue weighted by atomic mass is 9.95. The molecule has 1 amide bonds. The van der Waals surface area contributed by atoms with Crippen LogP contribution in [0.2, 0.25) is 0 Å². The van der Waals surface area contributed by atoms with E-state index in [1.54, 1.807) is 29.2 Å². The summed E-state index contributed by atoms with van der Waals surface area (Å²) in [6, 6.07) is 11.5. The zero-order chi connectivity index (χ0) is 28.5. The third-order valence-electron chi connectivity index (χ3n) is 7.08. The fourth-order valence-corrected chi connectivity index (χ4v) is 4.97. The van der Waals surface area contributed by atoms with Crippen molar-refractivity contribution < 1.29 is 33.6 Å². The largest absolute Gasteiger partial charge is 0.507 e. The van der Waals surface area contributed by atoms with E-state index in [4.69, 9.17) is 18.9 Å². The Labute approximate surface area is 236 Å². The van der Waals surface area contributed by atoms with Crippen LogP contribution in [0.3, 0.4) is 0 Å². The highest BCUT2D eigenvalue weighted by molar-refractivity contribution is 6.46. The lowest BCUT2D eigenvalue weighted by Crippen LogP contribution is -2.42. The van der Waals surface area contributed by atoms with Gasteiger partial charge in [-0.25, -0.2) is 0 Å². The summed E-state index contributed by atoms with van der Waals surface area (Å²) >= 11 is 0. The standard InChI is InChI=1S/C31H40N2O7/c1-4-7-18-40-25-13-10-23(21-26(25)39-6-3)28-27(29(34)22-8-11-24(12-9-22)38-5-2)30(35)31(36)33(28)15-14-32-16-19-37-20-17-32/h8-13,21,28,34H,4-7,14-20H2,1-3H3. The van der Waals surface area contributed by atoms with Gasteiger partial charge in [-0.2, -0.15) is 0 Å². The molecule has 1 atom stereocenters. The van der Waals surface area contributed by atoms with Gasteiger partial charge in [0.2, 0.25) is 0 Å². The van der Waals surface area contributed by atoms with Gasteiger partial charge in [0, 0.05) is 31.7 Å². The first-order valence-corrected chi connectivity index (χ1v) is 14.2. The second-order valence-electron chi connectivity index (χ2n) is 9.75. The van der Waals surface area contributed by atoms with Crippen LogP contribution < -0.4 is 14.2 Å². The molecular weight excluding hydrogens is 512 g/mol. The fourth-order valence-electron chi connectivity index (χ4n) is 4.97. The van der Waals surface area contributed by atoms with Crippen LogP contribution in [0.5, 0.6) is 17.2 Å². The van der Waals surface area contributed by atoms with Crippen molar-refractivity contribution in [1.82, 2.24) is 9.80 Å². The minimum atomic E-state index is -0.781. The first-order chi connectivity index (χ1) is 19.5. The molecular formula is C31H40N2O7. The summed E-state index contributed by atoms with van der Waals surface area (Å²) in [5.74, 6) is 0.237. The van der Waals surface area contributed by atoms with Crippen LogP contribution in [0.15, 0.2) is 48.0 Å². The van der Waals surface area contributed by atoms with Crippen molar-refractivity contribution in [2.75, 3.05) is 59.2 Å². The Morgan fingerprint density at radius 3 is 2.33 bits per heavy atom. The molecule has 2 saturated heterocycles. The van der Waals surface area contributed by atoms with E-state index in [-0.39, 0.29) is 11.3 Å². The highest BCUT2D eigenvalue weighted by atomic mass is 16.5. The van der Waals surface area contributed by atoms with Gasteiger partial charge in [-0.3, -0.25) is 14.5 Å². The number of Topliss-reactive ketones (excluding diaryl/α,β-unsaturated/α-hetero) is 1. The number of nitrogens with zero attached hydrogens (tertiary/aromatic N) is 2. The van der Waals surface area contributed by atoms with E-state index in [1.165, 1.54) is 0 Å². The van der Waals surface area contributed by atoms with Crippen LogP contribution in [0.25, 0.3) is 5.76 Å². The Balaban J connectivity index is 1.74. The van der Waals surface area contributed by atoms with Gasteiger partial charge in [-0.05, 0) is 62.2 Å². The van der Waals surface area contributed by atoms with Crippen LogP contribution in [0.1, 0.15) is 50.8 Å². The molecule has 1 N–H and O–H groups in total. The summed E-state index contributed by atoms with van der Waals surface area (Å²) in [4.78, 5) is 30.6. The highest BCUT2D eigenvalue weighted by Crippen LogP contribution is 2.42. The molecule has 0 spiro atoms. The minimum absolute atomic E-state index is 0.0539. The summed E-state index contributed by atoms with van der Waals surface area (Å²) in [5.41, 5.74) is 1.15. The van der Waals surface area contributed by atoms with Gasteiger partial charge in [0.15, 0.2) is 11.5 Å². The molecule has 2 aromatic carbocycles.